The summed E-state index contributed by atoms with van der Waals surface area (Å²) >= 11 is 12.0. The fourth-order valence-electron chi connectivity index (χ4n) is 2.17. The van der Waals surface area contributed by atoms with E-state index in [-0.39, 0.29) is 15.6 Å². The van der Waals surface area contributed by atoms with E-state index < -0.39 is 5.97 Å². The summed E-state index contributed by atoms with van der Waals surface area (Å²) in [4.78, 5) is 12.4. The van der Waals surface area contributed by atoms with Crippen LogP contribution in [0.2, 0.25) is 10.0 Å². The highest BCUT2D eigenvalue weighted by molar-refractivity contribution is 6.40. The minimum Gasteiger partial charge on any atom is -0.545 e. The first-order valence-corrected chi connectivity index (χ1v) is 7.23. The van der Waals surface area contributed by atoms with Crippen molar-refractivity contribution >= 4 is 29.2 Å². The number of aromatic carboxylic acids is 1. The van der Waals surface area contributed by atoms with Gasteiger partial charge in [0.25, 0.3) is 0 Å². The number of nitrogens with one attached hydrogen (secondary N) is 1. The molecule has 0 saturated heterocycles. The number of carbonyl (C=O) groups excluding carboxylic acids is 1. The van der Waals surface area contributed by atoms with Crippen molar-refractivity contribution < 1.29 is 14.8 Å². The molecule has 0 unspecified atom stereocenters. The highest BCUT2D eigenvalue weighted by atomic mass is 35.5. The molecule has 0 saturated carbocycles. The number of hydrogen-bond donors (Lipinski definition) is 1. The molecular formula is C16H15Cl2NO2. The molecule has 2 rings (SSSR count). The van der Waals surface area contributed by atoms with E-state index in [1.807, 2.05) is 24.3 Å². The van der Waals surface area contributed by atoms with Crippen LogP contribution in [0.3, 0.4) is 0 Å². The molecule has 5 heteroatoms. The highest BCUT2D eigenvalue weighted by Gasteiger charge is 2.13. The van der Waals surface area contributed by atoms with E-state index >= 15 is 0 Å². The summed E-state index contributed by atoms with van der Waals surface area (Å²) < 4.78 is 0. The van der Waals surface area contributed by atoms with Gasteiger partial charge in [0.2, 0.25) is 0 Å². The van der Waals surface area contributed by atoms with Gasteiger partial charge in [0.05, 0.1) is 30.1 Å². The van der Waals surface area contributed by atoms with Crippen LogP contribution in [0, 0.1) is 0 Å². The number of halogens is 2. The molecule has 0 aliphatic heterocycles. The molecule has 0 amide bonds. The third-order valence-corrected chi connectivity index (χ3v) is 3.83. The quantitative estimate of drug-likeness (QED) is 0.930. The van der Waals surface area contributed by atoms with Crippen molar-refractivity contribution in [2.75, 3.05) is 14.1 Å². The summed E-state index contributed by atoms with van der Waals surface area (Å²) in [7, 11) is 4.16. The number of carboxylic acid groups (broad SMARTS) is 1. The molecule has 0 aliphatic carbocycles. The third kappa shape index (κ3) is 3.56. The van der Waals surface area contributed by atoms with Crippen LogP contribution in [-0.4, -0.2) is 20.1 Å². The monoisotopic (exact) mass is 323 g/mol. The Labute approximate surface area is 133 Å². The number of carbonyl (C=O) groups is 1. The van der Waals surface area contributed by atoms with Gasteiger partial charge < -0.3 is 14.8 Å². The second-order valence-corrected chi connectivity index (χ2v) is 5.94. The molecule has 3 nitrogen and oxygen atoms in total. The summed E-state index contributed by atoms with van der Waals surface area (Å²) in [6.45, 7) is 0.916. The molecule has 21 heavy (non-hydrogen) atoms. The van der Waals surface area contributed by atoms with Gasteiger partial charge in [0, 0.05) is 16.7 Å². The lowest BCUT2D eigenvalue weighted by molar-refractivity contribution is -0.872. The van der Waals surface area contributed by atoms with Gasteiger partial charge in [-0.3, -0.25) is 0 Å². The first-order valence-electron chi connectivity index (χ1n) is 6.48. The lowest BCUT2D eigenvalue weighted by Crippen LogP contribution is -3.04. The van der Waals surface area contributed by atoms with Crippen LogP contribution in [0.4, 0.5) is 0 Å². The Morgan fingerprint density at radius 1 is 1.10 bits per heavy atom. The van der Waals surface area contributed by atoms with Crippen molar-refractivity contribution in [2.45, 2.75) is 6.54 Å². The molecule has 0 aromatic heterocycles. The molecule has 0 heterocycles. The molecule has 0 fully saturated rings. The maximum Gasteiger partial charge on any atom is 0.102 e. The molecule has 0 radical (unpaired) electrons. The van der Waals surface area contributed by atoms with Gasteiger partial charge >= 0.3 is 0 Å². The van der Waals surface area contributed by atoms with E-state index in [0.29, 0.717) is 5.56 Å². The number of quaternary nitrogens is 1. The maximum absolute atomic E-state index is 11.1. The Balaban J connectivity index is 2.43. The lowest BCUT2D eigenvalue weighted by atomic mass is 10.0. The molecule has 0 atom stereocenters. The van der Waals surface area contributed by atoms with Crippen LogP contribution in [0.5, 0.6) is 0 Å². The topological polar surface area (TPSA) is 44.6 Å². The lowest BCUT2D eigenvalue weighted by Gasteiger charge is -2.13. The van der Waals surface area contributed by atoms with Crippen LogP contribution in [0.1, 0.15) is 15.9 Å². The number of hydrogen-bond acceptors (Lipinski definition) is 2. The Kier molecular flexibility index (Phi) is 4.88. The second kappa shape index (κ2) is 6.48. The van der Waals surface area contributed by atoms with E-state index in [2.05, 4.69) is 14.1 Å². The van der Waals surface area contributed by atoms with E-state index in [9.17, 15) is 9.90 Å². The zero-order chi connectivity index (χ0) is 15.6. The predicted octanol–water partition coefficient (Wildman–Crippen LogP) is 1.67. The van der Waals surface area contributed by atoms with Crippen LogP contribution < -0.4 is 10.0 Å². The Hall–Kier alpha value is -1.55. The summed E-state index contributed by atoms with van der Waals surface area (Å²) in [5, 5.41) is 11.3. The molecule has 0 aliphatic rings. The van der Waals surface area contributed by atoms with Gasteiger partial charge in [-0.1, -0.05) is 53.5 Å². The molecule has 0 spiro atoms. The average Bonchev–Trinajstić information content (AvgIpc) is 2.39. The summed E-state index contributed by atoms with van der Waals surface area (Å²) in [5.41, 5.74) is 2.50. The molecule has 2 aromatic rings. The fraction of sp³-hybridized carbons (Fsp3) is 0.188. The first-order chi connectivity index (χ1) is 9.90. The van der Waals surface area contributed by atoms with E-state index in [1.54, 1.807) is 6.07 Å². The SMILES string of the molecule is C[NH+](C)Cc1ccc(-c2ccc(Cl)c(C(=O)[O-])c2Cl)cc1. The Morgan fingerprint density at radius 3 is 2.24 bits per heavy atom. The van der Waals surface area contributed by atoms with Crippen molar-refractivity contribution in [3.05, 3.63) is 57.6 Å². The maximum atomic E-state index is 11.1. The molecular weight excluding hydrogens is 309 g/mol. The number of carboxylic acids is 1. The minimum atomic E-state index is -1.38. The largest absolute Gasteiger partial charge is 0.545 e. The van der Waals surface area contributed by atoms with Crippen molar-refractivity contribution in [1.29, 1.82) is 0 Å². The molecule has 0 bridgehead atoms. The van der Waals surface area contributed by atoms with Gasteiger partial charge in [0.15, 0.2) is 0 Å². The molecule has 110 valence electrons. The van der Waals surface area contributed by atoms with Crippen molar-refractivity contribution in [1.82, 2.24) is 0 Å². The smallest absolute Gasteiger partial charge is 0.102 e. The van der Waals surface area contributed by atoms with Gasteiger partial charge in [-0.15, -0.1) is 0 Å². The zero-order valence-corrected chi connectivity index (χ0v) is 13.3. The van der Waals surface area contributed by atoms with Crippen LogP contribution in [0.25, 0.3) is 11.1 Å². The highest BCUT2D eigenvalue weighted by Crippen LogP contribution is 2.34. The number of benzene rings is 2. The Morgan fingerprint density at radius 2 is 1.71 bits per heavy atom. The second-order valence-electron chi connectivity index (χ2n) is 5.15. The summed E-state index contributed by atoms with van der Waals surface area (Å²) in [6, 6.07) is 11.1. The van der Waals surface area contributed by atoms with Gasteiger partial charge in [-0.2, -0.15) is 0 Å². The zero-order valence-electron chi connectivity index (χ0n) is 11.7. The van der Waals surface area contributed by atoms with E-state index in [1.165, 1.54) is 16.5 Å². The third-order valence-electron chi connectivity index (χ3n) is 3.12. The summed E-state index contributed by atoms with van der Waals surface area (Å²) in [6.07, 6.45) is 0. The van der Waals surface area contributed by atoms with Crippen LogP contribution >= 0.6 is 23.2 Å². The van der Waals surface area contributed by atoms with Crippen LogP contribution in [-0.2, 0) is 6.54 Å². The normalized spacial score (nSPS) is 10.9. The number of rotatable bonds is 4. The van der Waals surface area contributed by atoms with Gasteiger partial charge in [0.1, 0.15) is 6.54 Å². The van der Waals surface area contributed by atoms with Crippen LogP contribution in [0.15, 0.2) is 36.4 Å². The molecule has 1 N–H and O–H groups in total. The predicted molar refractivity (Wildman–Crippen MR) is 82.7 cm³/mol. The van der Waals surface area contributed by atoms with E-state index in [0.717, 1.165) is 12.1 Å². The summed E-state index contributed by atoms with van der Waals surface area (Å²) in [5.74, 6) is -1.38. The Bertz CT molecular complexity index is 667. The minimum absolute atomic E-state index is 0.0802. The molecule has 2 aromatic carbocycles. The standard InChI is InChI=1S/C16H15Cl2NO2/c1-19(2)9-10-3-5-11(6-4-10)12-7-8-13(17)14(15(12)18)16(20)21/h3-8H,9H2,1-2H3,(H,20,21). The van der Waals surface area contributed by atoms with Gasteiger partial charge in [-0.05, 0) is 11.6 Å². The van der Waals surface area contributed by atoms with E-state index in [4.69, 9.17) is 23.2 Å². The fourth-order valence-corrected chi connectivity index (χ4v) is 2.81. The first kappa shape index (κ1) is 15.8. The van der Waals surface area contributed by atoms with Crippen molar-refractivity contribution in [3.63, 3.8) is 0 Å². The average molecular weight is 324 g/mol. The van der Waals surface area contributed by atoms with Gasteiger partial charge in [-0.25, -0.2) is 0 Å². The van der Waals surface area contributed by atoms with Crippen molar-refractivity contribution in [3.8, 4) is 11.1 Å². The van der Waals surface area contributed by atoms with Crippen molar-refractivity contribution in [2.24, 2.45) is 0 Å².